The largest absolute Gasteiger partial charge is 0.497 e. The fourth-order valence-corrected chi connectivity index (χ4v) is 4.09. The van der Waals surface area contributed by atoms with Gasteiger partial charge in [0.25, 0.3) is 5.22 Å². The van der Waals surface area contributed by atoms with Gasteiger partial charge in [-0.3, -0.25) is 4.79 Å². The van der Waals surface area contributed by atoms with Gasteiger partial charge in [0.05, 0.1) is 12.9 Å². The Morgan fingerprint density at radius 3 is 2.66 bits per heavy atom. The van der Waals surface area contributed by atoms with E-state index in [1.807, 2.05) is 30.5 Å². The quantitative estimate of drug-likeness (QED) is 0.310. The molecule has 0 aliphatic carbocycles. The van der Waals surface area contributed by atoms with Gasteiger partial charge in [-0.25, -0.2) is 0 Å². The summed E-state index contributed by atoms with van der Waals surface area (Å²) in [4.78, 5) is 12.2. The van der Waals surface area contributed by atoms with Crippen LogP contribution in [0.25, 0.3) is 11.5 Å². The van der Waals surface area contributed by atoms with Crippen molar-refractivity contribution in [1.29, 1.82) is 0 Å². The molecule has 3 rings (SSSR count). The van der Waals surface area contributed by atoms with Gasteiger partial charge in [-0.1, -0.05) is 37.4 Å². The van der Waals surface area contributed by atoms with Crippen molar-refractivity contribution in [2.45, 2.75) is 43.6 Å². The molecule has 0 saturated heterocycles. The first kappa shape index (κ1) is 24.1. The van der Waals surface area contributed by atoms with Crippen molar-refractivity contribution >= 4 is 29.4 Å². The third-order valence-corrected chi connectivity index (χ3v) is 5.98. The Hall–Kier alpha value is -2.53. The van der Waals surface area contributed by atoms with Gasteiger partial charge in [0, 0.05) is 25.1 Å². The van der Waals surface area contributed by atoms with E-state index < -0.39 is 0 Å². The molecule has 3 aromatic rings. The van der Waals surface area contributed by atoms with Crippen LogP contribution in [0.4, 0.5) is 0 Å². The lowest BCUT2D eigenvalue weighted by atomic mass is 10.2. The Balaban J connectivity index is 1.41. The van der Waals surface area contributed by atoms with Gasteiger partial charge in [-0.2, -0.15) is 0 Å². The average Bonchev–Trinajstić information content (AvgIpc) is 3.42. The van der Waals surface area contributed by atoms with E-state index in [1.54, 1.807) is 18.9 Å². The van der Waals surface area contributed by atoms with Gasteiger partial charge in [0.15, 0.2) is 5.16 Å². The van der Waals surface area contributed by atoms with Gasteiger partial charge < -0.3 is 19.0 Å². The molecule has 1 aromatic carbocycles. The molecule has 0 spiro atoms. The molecule has 0 aliphatic heterocycles. The summed E-state index contributed by atoms with van der Waals surface area (Å²) in [5.41, 5.74) is 0.796. The van der Waals surface area contributed by atoms with Crippen molar-refractivity contribution in [3.05, 3.63) is 30.1 Å². The second-order valence-corrected chi connectivity index (χ2v) is 9.15. The smallest absolute Gasteiger partial charge is 0.277 e. The zero-order chi connectivity index (χ0) is 22.9. The third kappa shape index (κ3) is 6.73. The molecule has 0 unspecified atom stereocenters. The second kappa shape index (κ2) is 11.9. The number of rotatable bonds is 12. The maximum absolute atomic E-state index is 12.2. The van der Waals surface area contributed by atoms with Crippen LogP contribution in [0.3, 0.4) is 0 Å². The maximum Gasteiger partial charge on any atom is 0.277 e. The number of aromatic nitrogens is 5. The predicted octanol–water partition coefficient (Wildman–Crippen LogP) is 3.56. The molecule has 32 heavy (non-hydrogen) atoms. The van der Waals surface area contributed by atoms with E-state index in [4.69, 9.17) is 9.15 Å². The van der Waals surface area contributed by atoms with E-state index in [-0.39, 0.29) is 11.7 Å². The highest BCUT2D eigenvalue weighted by Crippen LogP contribution is 2.24. The summed E-state index contributed by atoms with van der Waals surface area (Å²) in [5, 5.41) is 20.8. The monoisotopic (exact) mass is 476 g/mol. The standard InChI is InChI=1S/C21H28N6O3S2/c1-14(2)12-27-17(23-25-20(27)31-4)6-5-11-22-18(28)13-32-21-26-24-19(30-21)15-7-9-16(29-3)10-8-15/h7-10,14H,5-6,11-13H2,1-4H3,(H,22,28). The summed E-state index contributed by atoms with van der Waals surface area (Å²) < 4.78 is 12.9. The Bertz CT molecular complexity index is 1000. The molecule has 0 bridgehead atoms. The summed E-state index contributed by atoms with van der Waals surface area (Å²) in [6, 6.07) is 7.34. The summed E-state index contributed by atoms with van der Waals surface area (Å²) in [5.74, 6) is 2.78. The summed E-state index contributed by atoms with van der Waals surface area (Å²) in [6.45, 7) is 5.82. The van der Waals surface area contributed by atoms with Gasteiger partial charge in [0.2, 0.25) is 11.8 Å². The normalized spacial score (nSPS) is 11.2. The first-order valence-corrected chi connectivity index (χ1v) is 12.5. The fourth-order valence-electron chi connectivity index (χ4n) is 2.97. The number of methoxy groups -OCH3 is 1. The van der Waals surface area contributed by atoms with Crippen LogP contribution in [-0.4, -0.2) is 56.5 Å². The van der Waals surface area contributed by atoms with Crippen LogP contribution >= 0.6 is 23.5 Å². The molecule has 2 aromatic heterocycles. The molecule has 172 valence electrons. The van der Waals surface area contributed by atoms with Crippen LogP contribution in [-0.2, 0) is 17.8 Å². The van der Waals surface area contributed by atoms with E-state index in [0.29, 0.717) is 23.6 Å². The minimum Gasteiger partial charge on any atom is -0.497 e. The van der Waals surface area contributed by atoms with Crippen LogP contribution in [0.5, 0.6) is 5.75 Å². The predicted molar refractivity (Wildman–Crippen MR) is 125 cm³/mol. The number of hydrogen-bond acceptors (Lipinski definition) is 9. The minimum atomic E-state index is -0.0763. The molecular weight excluding hydrogens is 448 g/mol. The van der Waals surface area contributed by atoms with Crippen LogP contribution in [0, 0.1) is 5.92 Å². The van der Waals surface area contributed by atoms with Crippen molar-refractivity contribution in [3.63, 3.8) is 0 Å². The molecule has 11 heteroatoms. The first-order chi connectivity index (χ1) is 15.5. The number of benzene rings is 1. The van der Waals surface area contributed by atoms with Crippen molar-refractivity contribution in [3.8, 4) is 17.2 Å². The molecule has 1 amide bonds. The van der Waals surface area contributed by atoms with Crippen LogP contribution in [0.15, 0.2) is 39.1 Å². The zero-order valence-electron chi connectivity index (χ0n) is 18.7. The van der Waals surface area contributed by atoms with E-state index in [0.717, 1.165) is 41.7 Å². The average molecular weight is 477 g/mol. The number of nitrogens with zero attached hydrogens (tertiary/aromatic N) is 5. The van der Waals surface area contributed by atoms with Gasteiger partial charge in [-0.15, -0.1) is 20.4 Å². The lowest BCUT2D eigenvalue weighted by molar-refractivity contribution is -0.118. The molecule has 0 radical (unpaired) electrons. The minimum absolute atomic E-state index is 0.0763. The highest BCUT2D eigenvalue weighted by molar-refractivity contribution is 7.99. The van der Waals surface area contributed by atoms with E-state index in [1.165, 1.54) is 11.8 Å². The SMILES string of the molecule is COc1ccc(-c2nnc(SCC(=O)NCCCc3nnc(SC)n3CC(C)C)o2)cc1. The molecule has 0 fully saturated rings. The molecular formula is C21H28N6O3S2. The molecule has 0 aliphatic rings. The van der Waals surface area contributed by atoms with Crippen LogP contribution < -0.4 is 10.1 Å². The van der Waals surface area contributed by atoms with E-state index >= 15 is 0 Å². The van der Waals surface area contributed by atoms with Crippen molar-refractivity contribution in [2.75, 3.05) is 25.7 Å². The van der Waals surface area contributed by atoms with Crippen molar-refractivity contribution < 1.29 is 13.9 Å². The lowest BCUT2D eigenvalue weighted by Crippen LogP contribution is -2.26. The van der Waals surface area contributed by atoms with Gasteiger partial charge >= 0.3 is 0 Å². The molecule has 1 N–H and O–H groups in total. The number of carbonyl (C=O) groups is 1. The van der Waals surface area contributed by atoms with E-state index in [9.17, 15) is 4.79 Å². The number of hydrogen-bond donors (Lipinski definition) is 1. The van der Waals surface area contributed by atoms with Crippen LogP contribution in [0.1, 0.15) is 26.1 Å². The Kier molecular flexibility index (Phi) is 8.98. The Labute approximate surface area is 196 Å². The number of carbonyl (C=O) groups excluding carboxylic acids is 1. The third-order valence-electron chi connectivity index (χ3n) is 4.49. The van der Waals surface area contributed by atoms with Gasteiger partial charge in [-0.05, 0) is 42.9 Å². The van der Waals surface area contributed by atoms with Gasteiger partial charge in [0.1, 0.15) is 11.6 Å². The number of aryl methyl sites for hydroxylation is 1. The molecule has 0 atom stereocenters. The molecule has 9 nitrogen and oxygen atoms in total. The zero-order valence-corrected chi connectivity index (χ0v) is 20.3. The number of ether oxygens (including phenoxy) is 1. The number of thioether (sulfide) groups is 2. The molecule has 0 saturated carbocycles. The fraction of sp³-hybridized carbons (Fsp3) is 0.476. The molecule has 2 heterocycles. The summed E-state index contributed by atoms with van der Waals surface area (Å²) in [6.07, 6.45) is 3.57. The first-order valence-electron chi connectivity index (χ1n) is 10.3. The summed E-state index contributed by atoms with van der Waals surface area (Å²) >= 11 is 2.82. The maximum atomic E-state index is 12.2. The summed E-state index contributed by atoms with van der Waals surface area (Å²) in [7, 11) is 1.61. The number of nitrogens with one attached hydrogen (secondary N) is 1. The van der Waals surface area contributed by atoms with E-state index in [2.05, 4.69) is 44.1 Å². The van der Waals surface area contributed by atoms with Crippen LogP contribution in [0.2, 0.25) is 0 Å². The Morgan fingerprint density at radius 2 is 1.97 bits per heavy atom. The number of amides is 1. The highest BCUT2D eigenvalue weighted by atomic mass is 32.2. The lowest BCUT2D eigenvalue weighted by Gasteiger charge is -2.11. The topological polar surface area (TPSA) is 108 Å². The highest BCUT2D eigenvalue weighted by Gasteiger charge is 2.14. The second-order valence-electron chi connectivity index (χ2n) is 7.45. The Morgan fingerprint density at radius 1 is 1.19 bits per heavy atom. The van der Waals surface area contributed by atoms with Crippen molar-refractivity contribution in [2.24, 2.45) is 5.92 Å². The van der Waals surface area contributed by atoms with Crippen molar-refractivity contribution in [1.82, 2.24) is 30.3 Å².